The van der Waals surface area contributed by atoms with Crippen molar-refractivity contribution in [3.63, 3.8) is 0 Å². The second kappa shape index (κ2) is 6.15. The van der Waals surface area contributed by atoms with E-state index in [1.807, 2.05) is 6.07 Å². The smallest absolute Gasteiger partial charge is 0.120 e. The zero-order chi connectivity index (χ0) is 14.8. The van der Waals surface area contributed by atoms with Crippen LogP contribution in [0.1, 0.15) is 58.6 Å². The fourth-order valence-electron chi connectivity index (χ4n) is 2.19. The third kappa shape index (κ3) is 4.22. The summed E-state index contributed by atoms with van der Waals surface area (Å²) < 4.78 is 5.86. The number of hydrogen-bond donors (Lipinski definition) is 2. The summed E-state index contributed by atoms with van der Waals surface area (Å²) in [5.41, 5.74) is 4.46. The van der Waals surface area contributed by atoms with Gasteiger partial charge in [-0.2, -0.15) is 0 Å². The van der Waals surface area contributed by atoms with Crippen molar-refractivity contribution in [2.75, 3.05) is 0 Å². The number of rotatable bonds is 6. The van der Waals surface area contributed by atoms with E-state index in [2.05, 4.69) is 51.3 Å². The van der Waals surface area contributed by atoms with Crippen LogP contribution in [-0.2, 0) is 0 Å². The summed E-state index contributed by atoms with van der Waals surface area (Å²) in [5, 5.41) is 0. The minimum absolute atomic E-state index is 0.173. The Balaban J connectivity index is 2.06. The SMILES string of the molecule is CC(CC(NN)c1cccc(OC2CC2)c1)C(C)(C)C. The molecule has 0 amide bonds. The summed E-state index contributed by atoms with van der Waals surface area (Å²) >= 11 is 0. The van der Waals surface area contributed by atoms with Crippen molar-refractivity contribution >= 4 is 0 Å². The molecule has 1 aromatic carbocycles. The van der Waals surface area contributed by atoms with Gasteiger partial charge in [0.05, 0.1) is 6.10 Å². The van der Waals surface area contributed by atoms with Crippen molar-refractivity contribution in [1.29, 1.82) is 0 Å². The molecule has 0 heterocycles. The van der Waals surface area contributed by atoms with Gasteiger partial charge in [-0.1, -0.05) is 39.8 Å². The van der Waals surface area contributed by atoms with E-state index in [0.29, 0.717) is 12.0 Å². The highest BCUT2D eigenvalue weighted by Gasteiger charge is 2.25. The average molecular weight is 276 g/mol. The predicted octanol–water partition coefficient (Wildman–Crippen LogP) is 3.80. The third-order valence-electron chi connectivity index (χ3n) is 4.36. The van der Waals surface area contributed by atoms with Gasteiger partial charge in [-0.3, -0.25) is 11.3 Å². The molecule has 3 N–H and O–H groups in total. The first-order valence-electron chi connectivity index (χ1n) is 7.63. The number of hydrazine groups is 1. The van der Waals surface area contributed by atoms with Gasteiger partial charge in [0, 0.05) is 6.04 Å². The van der Waals surface area contributed by atoms with E-state index in [1.165, 1.54) is 18.4 Å². The van der Waals surface area contributed by atoms with Crippen LogP contribution in [0.5, 0.6) is 5.75 Å². The van der Waals surface area contributed by atoms with Crippen LogP contribution >= 0.6 is 0 Å². The third-order valence-corrected chi connectivity index (χ3v) is 4.36. The lowest BCUT2D eigenvalue weighted by atomic mass is 9.77. The van der Waals surface area contributed by atoms with Crippen molar-refractivity contribution in [2.24, 2.45) is 17.2 Å². The van der Waals surface area contributed by atoms with Gasteiger partial charge in [0.1, 0.15) is 5.75 Å². The van der Waals surface area contributed by atoms with Crippen LogP contribution in [0.15, 0.2) is 24.3 Å². The van der Waals surface area contributed by atoms with Crippen molar-refractivity contribution in [3.8, 4) is 5.75 Å². The quantitative estimate of drug-likeness (QED) is 0.613. The number of nitrogens with one attached hydrogen (secondary N) is 1. The van der Waals surface area contributed by atoms with Gasteiger partial charge in [0.15, 0.2) is 0 Å². The molecule has 0 radical (unpaired) electrons. The molecular weight excluding hydrogens is 248 g/mol. The zero-order valence-electron chi connectivity index (χ0n) is 13.1. The monoisotopic (exact) mass is 276 g/mol. The number of nitrogens with two attached hydrogens (primary N) is 1. The maximum absolute atomic E-state index is 5.86. The molecule has 2 atom stereocenters. The maximum Gasteiger partial charge on any atom is 0.120 e. The standard InChI is InChI=1S/C17H28N2O/c1-12(17(2,3)4)10-16(19-18)13-6-5-7-15(11-13)20-14-8-9-14/h5-7,11-12,14,16,19H,8-10,18H2,1-4H3. The van der Waals surface area contributed by atoms with E-state index in [1.54, 1.807) is 0 Å². The Morgan fingerprint density at radius 3 is 2.60 bits per heavy atom. The minimum atomic E-state index is 0.173. The van der Waals surface area contributed by atoms with E-state index >= 15 is 0 Å². The van der Waals surface area contributed by atoms with Gasteiger partial charge in [-0.05, 0) is 48.3 Å². The molecule has 112 valence electrons. The topological polar surface area (TPSA) is 47.3 Å². The van der Waals surface area contributed by atoms with Crippen LogP contribution < -0.4 is 16.0 Å². The summed E-state index contributed by atoms with van der Waals surface area (Å²) in [5.74, 6) is 7.32. The van der Waals surface area contributed by atoms with Gasteiger partial charge >= 0.3 is 0 Å². The molecule has 0 spiro atoms. The molecule has 0 saturated heterocycles. The van der Waals surface area contributed by atoms with Crippen LogP contribution in [0.4, 0.5) is 0 Å². The normalized spacial score (nSPS) is 18.6. The molecule has 2 unspecified atom stereocenters. The van der Waals surface area contributed by atoms with Gasteiger partial charge in [-0.25, -0.2) is 0 Å². The zero-order valence-corrected chi connectivity index (χ0v) is 13.1. The lowest BCUT2D eigenvalue weighted by Gasteiger charge is -2.30. The summed E-state index contributed by atoms with van der Waals surface area (Å²) in [6.07, 6.45) is 3.82. The Morgan fingerprint density at radius 1 is 1.35 bits per heavy atom. The van der Waals surface area contributed by atoms with Crippen LogP contribution in [-0.4, -0.2) is 6.10 Å². The number of hydrogen-bond acceptors (Lipinski definition) is 3. The highest BCUT2D eigenvalue weighted by Crippen LogP contribution is 2.34. The molecule has 0 bridgehead atoms. The van der Waals surface area contributed by atoms with Gasteiger partial charge in [-0.15, -0.1) is 0 Å². The summed E-state index contributed by atoms with van der Waals surface area (Å²) in [6.45, 7) is 9.11. The van der Waals surface area contributed by atoms with Crippen LogP contribution in [0.2, 0.25) is 0 Å². The summed E-state index contributed by atoms with van der Waals surface area (Å²) in [6, 6.07) is 8.51. The van der Waals surface area contributed by atoms with E-state index in [4.69, 9.17) is 10.6 Å². The van der Waals surface area contributed by atoms with Gasteiger partial charge in [0.25, 0.3) is 0 Å². The molecular formula is C17H28N2O. The van der Waals surface area contributed by atoms with E-state index in [9.17, 15) is 0 Å². The lowest BCUT2D eigenvalue weighted by molar-refractivity contribution is 0.223. The van der Waals surface area contributed by atoms with Crippen LogP contribution in [0, 0.1) is 11.3 Å². The van der Waals surface area contributed by atoms with E-state index < -0.39 is 0 Å². The van der Waals surface area contributed by atoms with E-state index in [-0.39, 0.29) is 11.5 Å². The maximum atomic E-state index is 5.86. The van der Waals surface area contributed by atoms with Crippen molar-refractivity contribution in [2.45, 2.75) is 59.1 Å². The minimum Gasteiger partial charge on any atom is -0.490 e. The highest BCUT2D eigenvalue weighted by atomic mass is 16.5. The molecule has 0 aliphatic heterocycles. The fourth-order valence-corrected chi connectivity index (χ4v) is 2.19. The first-order valence-corrected chi connectivity index (χ1v) is 7.63. The Kier molecular flexibility index (Phi) is 4.71. The lowest BCUT2D eigenvalue weighted by Crippen LogP contribution is -2.31. The number of benzene rings is 1. The van der Waals surface area contributed by atoms with Crippen LogP contribution in [0.3, 0.4) is 0 Å². The molecule has 1 aromatic rings. The Hall–Kier alpha value is -1.06. The first-order chi connectivity index (χ1) is 9.40. The first kappa shape index (κ1) is 15.3. The molecule has 2 rings (SSSR count). The van der Waals surface area contributed by atoms with E-state index in [0.717, 1.165) is 12.2 Å². The molecule has 3 heteroatoms. The molecule has 20 heavy (non-hydrogen) atoms. The Labute approximate surface area is 122 Å². The molecule has 3 nitrogen and oxygen atoms in total. The summed E-state index contributed by atoms with van der Waals surface area (Å²) in [7, 11) is 0. The molecule has 1 aliphatic carbocycles. The highest BCUT2D eigenvalue weighted by molar-refractivity contribution is 5.31. The van der Waals surface area contributed by atoms with Crippen molar-refractivity contribution < 1.29 is 4.74 Å². The van der Waals surface area contributed by atoms with Crippen molar-refractivity contribution in [3.05, 3.63) is 29.8 Å². The Morgan fingerprint density at radius 2 is 2.05 bits per heavy atom. The summed E-state index contributed by atoms with van der Waals surface area (Å²) in [4.78, 5) is 0. The number of ether oxygens (including phenoxy) is 1. The Bertz CT molecular complexity index is 435. The average Bonchev–Trinajstić information content (AvgIpc) is 3.18. The molecule has 1 aliphatic rings. The van der Waals surface area contributed by atoms with Gasteiger partial charge < -0.3 is 4.74 Å². The second-order valence-electron chi connectivity index (χ2n) is 7.11. The largest absolute Gasteiger partial charge is 0.490 e. The van der Waals surface area contributed by atoms with Gasteiger partial charge in [0.2, 0.25) is 0 Å². The van der Waals surface area contributed by atoms with Crippen LogP contribution in [0.25, 0.3) is 0 Å². The molecule has 0 aromatic heterocycles. The molecule has 1 fully saturated rings. The predicted molar refractivity (Wildman–Crippen MR) is 83.4 cm³/mol. The second-order valence-corrected chi connectivity index (χ2v) is 7.11. The fraction of sp³-hybridized carbons (Fsp3) is 0.647. The van der Waals surface area contributed by atoms with Crippen molar-refractivity contribution in [1.82, 2.24) is 5.43 Å². The molecule has 1 saturated carbocycles.